The number of hydrogen-bond donors (Lipinski definition) is 0. The topological polar surface area (TPSA) is 35.6 Å². The molecule has 2 heterocycles. The molecular weight excluding hydrogens is 332 g/mol. The second kappa shape index (κ2) is 8.20. The van der Waals surface area contributed by atoms with Crippen molar-refractivity contribution >= 4 is 0 Å². The molecule has 2 aliphatic rings. The van der Waals surface area contributed by atoms with Crippen LogP contribution >= 0.6 is 0 Å². The Hall–Kier alpha value is -1.58. The van der Waals surface area contributed by atoms with Gasteiger partial charge >= 0.3 is 0 Å². The summed E-state index contributed by atoms with van der Waals surface area (Å²) in [6.07, 6.45) is 20.7. The molecule has 2 aromatic rings. The number of imidazole rings is 2. The van der Waals surface area contributed by atoms with Gasteiger partial charge in [-0.15, -0.1) is 0 Å². The Balaban J connectivity index is 1.35. The first kappa shape index (κ1) is 18.8. The molecule has 0 radical (unpaired) electrons. The molecule has 0 bridgehead atoms. The van der Waals surface area contributed by atoms with E-state index in [-0.39, 0.29) is 0 Å². The van der Waals surface area contributed by atoms with Crippen molar-refractivity contribution in [3.63, 3.8) is 0 Å². The van der Waals surface area contributed by atoms with Crippen LogP contribution in [0.4, 0.5) is 0 Å². The Bertz CT molecular complexity index is 722. The molecule has 27 heavy (non-hydrogen) atoms. The summed E-state index contributed by atoms with van der Waals surface area (Å²) < 4.78 is 4.63. The molecule has 0 aliphatic heterocycles. The van der Waals surface area contributed by atoms with Crippen molar-refractivity contribution in [1.82, 2.24) is 19.1 Å². The van der Waals surface area contributed by atoms with Gasteiger partial charge in [-0.05, 0) is 58.8 Å². The van der Waals surface area contributed by atoms with Crippen molar-refractivity contribution in [1.29, 1.82) is 0 Å². The Labute approximate surface area is 164 Å². The highest BCUT2D eigenvalue weighted by Gasteiger charge is 2.27. The normalized spacial score (nSPS) is 25.3. The summed E-state index contributed by atoms with van der Waals surface area (Å²) in [5.74, 6) is 2.17. The fourth-order valence-electron chi connectivity index (χ4n) is 5.25. The Kier molecular flexibility index (Phi) is 5.70. The third kappa shape index (κ3) is 4.30. The summed E-state index contributed by atoms with van der Waals surface area (Å²) in [6.45, 7) is 6.82. The summed E-state index contributed by atoms with van der Waals surface area (Å²) in [7, 11) is 0. The van der Waals surface area contributed by atoms with Gasteiger partial charge in [-0.2, -0.15) is 0 Å². The maximum absolute atomic E-state index is 4.74. The summed E-state index contributed by atoms with van der Waals surface area (Å²) in [5.41, 5.74) is 2.65. The molecule has 4 rings (SSSR count). The van der Waals surface area contributed by atoms with E-state index >= 15 is 0 Å². The molecule has 2 fully saturated rings. The van der Waals surface area contributed by atoms with E-state index in [1.54, 1.807) is 0 Å². The SMILES string of the molecule is CC(C)n1cnc(C2CCCC(CC(C)n3cnc(C4CCCC4)c3)C2)c1. The minimum atomic E-state index is 0.501. The molecule has 3 atom stereocenters. The molecule has 0 spiro atoms. The molecule has 0 aromatic carbocycles. The lowest BCUT2D eigenvalue weighted by molar-refractivity contribution is 0.270. The number of hydrogen-bond acceptors (Lipinski definition) is 2. The van der Waals surface area contributed by atoms with Gasteiger partial charge < -0.3 is 9.13 Å². The van der Waals surface area contributed by atoms with Gasteiger partial charge in [-0.3, -0.25) is 0 Å². The highest BCUT2D eigenvalue weighted by Crippen LogP contribution is 2.39. The maximum Gasteiger partial charge on any atom is 0.0952 e. The largest absolute Gasteiger partial charge is 0.335 e. The van der Waals surface area contributed by atoms with E-state index < -0.39 is 0 Å². The summed E-state index contributed by atoms with van der Waals surface area (Å²) in [4.78, 5) is 9.47. The Morgan fingerprint density at radius 3 is 2.19 bits per heavy atom. The quantitative estimate of drug-likeness (QED) is 0.604. The van der Waals surface area contributed by atoms with Crippen molar-refractivity contribution < 1.29 is 0 Å². The van der Waals surface area contributed by atoms with E-state index in [1.807, 2.05) is 6.33 Å². The first-order valence-corrected chi connectivity index (χ1v) is 11.2. The van der Waals surface area contributed by atoms with E-state index in [0.717, 1.165) is 5.92 Å². The van der Waals surface area contributed by atoms with Gasteiger partial charge in [0.05, 0.1) is 24.0 Å². The fraction of sp³-hybridized carbons (Fsp3) is 0.739. The lowest BCUT2D eigenvalue weighted by atomic mass is 9.77. The van der Waals surface area contributed by atoms with Crippen LogP contribution in [-0.2, 0) is 0 Å². The zero-order valence-corrected chi connectivity index (χ0v) is 17.3. The van der Waals surface area contributed by atoms with Crippen LogP contribution in [0.15, 0.2) is 25.0 Å². The minimum absolute atomic E-state index is 0.501. The molecule has 148 valence electrons. The second-order valence-corrected chi connectivity index (χ2v) is 9.38. The van der Waals surface area contributed by atoms with E-state index in [0.29, 0.717) is 23.9 Å². The van der Waals surface area contributed by atoms with E-state index in [1.165, 1.54) is 69.2 Å². The average molecular weight is 369 g/mol. The summed E-state index contributed by atoms with van der Waals surface area (Å²) in [6, 6.07) is 1.05. The van der Waals surface area contributed by atoms with Crippen molar-refractivity contribution in [3.8, 4) is 0 Å². The van der Waals surface area contributed by atoms with E-state index in [4.69, 9.17) is 9.97 Å². The van der Waals surface area contributed by atoms with Crippen molar-refractivity contribution in [3.05, 3.63) is 36.4 Å². The van der Waals surface area contributed by atoms with Gasteiger partial charge in [0, 0.05) is 36.3 Å². The van der Waals surface area contributed by atoms with Gasteiger partial charge in [0.25, 0.3) is 0 Å². The fourth-order valence-corrected chi connectivity index (χ4v) is 5.25. The molecule has 4 nitrogen and oxygen atoms in total. The molecule has 0 N–H and O–H groups in total. The minimum Gasteiger partial charge on any atom is -0.335 e. The third-order valence-corrected chi connectivity index (χ3v) is 7.00. The predicted molar refractivity (Wildman–Crippen MR) is 110 cm³/mol. The van der Waals surface area contributed by atoms with E-state index in [2.05, 4.69) is 48.6 Å². The molecule has 0 saturated heterocycles. The maximum atomic E-state index is 4.74. The van der Waals surface area contributed by atoms with Crippen molar-refractivity contribution in [2.45, 2.75) is 102 Å². The Morgan fingerprint density at radius 1 is 0.852 bits per heavy atom. The van der Waals surface area contributed by atoms with Crippen LogP contribution in [0, 0.1) is 5.92 Å². The Morgan fingerprint density at radius 2 is 1.48 bits per heavy atom. The molecular formula is C23H36N4. The molecule has 2 aromatic heterocycles. The van der Waals surface area contributed by atoms with Gasteiger partial charge in [0.2, 0.25) is 0 Å². The predicted octanol–water partition coefficient (Wildman–Crippen LogP) is 6.24. The van der Waals surface area contributed by atoms with Crippen molar-refractivity contribution in [2.75, 3.05) is 0 Å². The highest BCUT2D eigenvalue weighted by atomic mass is 15.1. The molecule has 4 heteroatoms. The van der Waals surface area contributed by atoms with Crippen LogP contribution < -0.4 is 0 Å². The first-order valence-electron chi connectivity index (χ1n) is 11.2. The standard InChI is InChI=1S/C23H36N4/c1-17(2)26-13-23(24-15-26)21-10-6-7-19(12-21)11-18(3)27-14-22(25-16-27)20-8-4-5-9-20/h13-21H,4-12H2,1-3H3. The zero-order valence-electron chi connectivity index (χ0n) is 17.3. The third-order valence-electron chi connectivity index (χ3n) is 7.00. The van der Waals surface area contributed by atoms with Gasteiger partial charge in [0.1, 0.15) is 0 Å². The van der Waals surface area contributed by atoms with Gasteiger partial charge in [-0.1, -0.05) is 25.7 Å². The zero-order chi connectivity index (χ0) is 18.8. The lowest BCUT2D eigenvalue weighted by Gasteiger charge is -2.30. The monoisotopic (exact) mass is 368 g/mol. The average Bonchev–Trinajstić information content (AvgIpc) is 3.42. The second-order valence-electron chi connectivity index (χ2n) is 9.38. The highest BCUT2D eigenvalue weighted by molar-refractivity contribution is 5.08. The first-order chi connectivity index (χ1) is 13.1. The van der Waals surface area contributed by atoms with Crippen LogP contribution in [-0.4, -0.2) is 19.1 Å². The summed E-state index contributed by atoms with van der Waals surface area (Å²) in [5, 5.41) is 0. The number of nitrogens with zero attached hydrogens (tertiary/aromatic N) is 4. The number of aromatic nitrogens is 4. The van der Waals surface area contributed by atoms with Crippen LogP contribution in [0.25, 0.3) is 0 Å². The molecule has 2 saturated carbocycles. The smallest absolute Gasteiger partial charge is 0.0952 e. The van der Waals surface area contributed by atoms with Crippen LogP contribution in [0.2, 0.25) is 0 Å². The molecule has 0 amide bonds. The lowest BCUT2D eigenvalue weighted by Crippen LogP contribution is -2.18. The van der Waals surface area contributed by atoms with E-state index in [9.17, 15) is 0 Å². The van der Waals surface area contributed by atoms with Crippen LogP contribution in [0.5, 0.6) is 0 Å². The van der Waals surface area contributed by atoms with Crippen molar-refractivity contribution in [2.24, 2.45) is 5.92 Å². The molecule has 3 unspecified atom stereocenters. The van der Waals surface area contributed by atoms with Crippen LogP contribution in [0.1, 0.15) is 114 Å². The number of rotatable bonds is 6. The van der Waals surface area contributed by atoms with Gasteiger partial charge in [0.15, 0.2) is 0 Å². The summed E-state index contributed by atoms with van der Waals surface area (Å²) >= 11 is 0. The molecule has 2 aliphatic carbocycles. The van der Waals surface area contributed by atoms with Gasteiger partial charge in [-0.25, -0.2) is 9.97 Å². The van der Waals surface area contributed by atoms with Crippen LogP contribution in [0.3, 0.4) is 0 Å².